The van der Waals surface area contributed by atoms with Gasteiger partial charge in [0.05, 0.1) is 24.0 Å². The van der Waals surface area contributed by atoms with Gasteiger partial charge in [-0.25, -0.2) is 12.8 Å². The Bertz CT molecular complexity index is 1110. The first-order valence-corrected chi connectivity index (χ1v) is 11.7. The number of halogens is 1. The Labute approximate surface area is 186 Å². The van der Waals surface area contributed by atoms with Gasteiger partial charge in [0, 0.05) is 31.3 Å². The number of nitrogens with zero attached hydrogens (tertiary/aromatic N) is 1. The number of nitrogens with one attached hydrogen (secondary N) is 1. The van der Waals surface area contributed by atoms with Crippen molar-refractivity contribution >= 4 is 21.6 Å². The lowest BCUT2D eigenvalue weighted by Gasteiger charge is -2.37. The van der Waals surface area contributed by atoms with E-state index in [4.69, 9.17) is 9.47 Å². The van der Waals surface area contributed by atoms with Crippen molar-refractivity contribution in [1.82, 2.24) is 4.90 Å². The maximum atomic E-state index is 13.1. The van der Waals surface area contributed by atoms with E-state index in [1.165, 1.54) is 17.0 Å². The van der Waals surface area contributed by atoms with E-state index in [2.05, 4.69) is 4.72 Å². The van der Waals surface area contributed by atoms with Crippen LogP contribution >= 0.6 is 0 Å². The van der Waals surface area contributed by atoms with Crippen molar-refractivity contribution in [2.45, 2.75) is 42.0 Å². The van der Waals surface area contributed by atoms with E-state index in [0.29, 0.717) is 17.9 Å². The van der Waals surface area contributed by atoms with Gasteiger partial charge in [0.1, 0.15) is 23.8 Å². The third-order valence-corrected chi connectivity index (χ3v) is 7.17. The molecule has 2 aromatic carbocycles. The van der Waals surface area contributed by atoms with Crippen molar-refractivity contribution in [2.75, 3.05) is 25.4 Å². The van der Waals surface area contributed by atoms with Gasteiger partial charge in [-0.2, -0.15) is 0 Å². The quantitative estimate of drug-likeness (QED) is 0.679. The van der Waals surface area contributed by atoms with Crippen LogP contribution in [0.25, 0.3) is 0 Å². The van der Waals surface area contributed by atoms with Crippen LogP contribution in [0.4, 0.5) is 10.1 Å². The van der Waals surface area contributed by atoms with Crippen LogP contribution in [0.1, 0.15) is 24.3 Å². The molecule has 2 heterocycles. The molecule has 2 aliphatic heterocycles. The molecule has 2 N–H and O–H groups in total. The minimum absolute atomic E-state index is 0.0535. The number of fused-ring (bicyclic) bond motifs is 3. The van der Waals surface area contributed by atoms with Crippen LogP contribution in [-0.4, -0.2) is 63.3 Å². The van der Waals surface area contributed by atoms with Crippen molar-refractivity contribution in [3.05, 3.63) is 53.8 Å². The lowest BCUT2D eigenvalue weighted by molar-refractivity contribution is -0.147. The Balaban J connectivity index is 1.57. The van der Waals surface area contributed by atoms with Crippen LogP contribution in [0.2, 0.25) is 0 Å². The van der Waals surface area contributed by atoms with E-state index >= 15 is 0 Å². The van der Waals surface area contributed by atoms with Crippen molar-refractivity contribution < 1.29 is 32.2 Å². The molecule has 0 aliphatic carbocycles. The van der Waals surface area contributed by atoms with Crippen molar-refractivity contribution in [3.63, 3.8) is 0 Å². The second-order valence-electron chi connectivity index (χ2n) is 8.21. The second-order valence-corrected chi connectivity index (χ2v) is 9.89. The average Bonchev–Trinajstić information content (AvgIpc) is 3.11. The van der Waals surface area contributed by atoms with Gasteiger partial charge in [-0.15, -0.1) is 0 Å². The van der Waals surface area contributed by atoms with E-state index in [1.54, 1.807) is 32.3 Å². The minimum atomic E-state index is -3.90. The number of aliphatic hydroxyl groups is 1. The second kappa shape index (κ2) is 8.68. The molecule has 0 saturated carbocycles. The summed E-state index contributed by atoms with van der Waals surface area (Å²) in [6, 6.07) is 9.51. The fourth-order valence-electron chi connectivity index (χ4n) is 4.16. The SMILES string of the molecule is CN(C)C(=O)C[C@H]1C[C@H]2c3cc(NS(=O)(=O)c4ccc(F)cc4)ccc3O[C@H]2[C@H](CO)O1. The molecule has 4 atom stereocenters. The number of amides is 1. The average molecular weight is 465 g/mol. The molecular formula is C22H25FN2O6S. The molecule has 2 aliphatic rings. The first kappa shape index (κ1) is 22.5. The molecule has 0 radical (unpaired) electrons. The number of aliphatic hydroxyl groups excluding tert-OH is 1. The number of rotatable bonds is 6. The number of carbonyl (C=O) groups is 1. The molecule has 2 aromatic rings. The fraction of sp³-hybridized carbons (Fsp3) is 0.409. The highest BCUT2D eigenvalue weighted by molar-refractivity contribution is 7.92. The van der Waals surface area contributed by atoms with Gasteiger partial charge in [0.15, 0.2) is 0 Å². The molecule has 10 heteroatoms. The first-order valence-electron chi connectivity index (χ1n) is 10.2. The Morgan fingerprint density at radius 1 is 1.22 bits per heavy atom. The molecule has 1 amide bonds. The Morgan fingerprint density at radius 2 is 1.94 bits per heavy atom. The van der Waals surface area contributed by atoms with E-state index < -0.39 is 34.2 Å². The van der Waals surface area contributed by atoms with Gasteiger partial charge in [-0.1, -0.05) is 0 Å². The van der Waals surface area contributed by atoms with Crippen LogP contribution in [0, 0.1) is 5.82 Å². The zero-order valence-electron chi connectivity index (χ0n) is 17.7. The lowest BCUT2D eigenvalue weighted by atomic mass is 9.84. The monoisotopic (exact) mass is 464 g/mol. The zero-order chi connectivity index (χ0) is 23.0. The van der Waals surface area contributed by atoms with E-state index in [1.807, 2.05) is 0 Å². The maximum absolute atomic E-state index is 13.1. The minimum Gasteiger partial charge on any atom is -0.487 e. The number of ether oxygens (including phenoxy) is 2. The molecular weight excluding hydrogens is 439 g/mol. The summed E-state index contributed by atoms with van der Waals surface area (Å²) in [6.45, 7) is -0.258. The van der Waals surface area contributed by atoms with Crippen LogP contribution in [-0.2, 0) is 19.6 Å². The molecule has 8 nitrogen and oxygen atoms in total. The summed E-state index contributed by atoms with van der Waals surface area (Å²) in [7, 11) is -0.558. The molecule has 4 rings (SSSR count). The smallest absolute Gasteiger partial charge is 0.261 e. The van der Waals surface area contributed by atoms with Crippen molar-refractivity contribution in [3.8, 4) is 5.75 Å². The molecule has 1 fully saturated rings. The highest BCUT2D eigenvalue weighted by atomic mass is 32.2. The van der Waals surface area contributed by atoms with Crippen molar-refractivity contribution in [1.29, 1.82) is 0 Å². The lowest BCUT2D eigenvalue weighted by Crippen LogP contribution is -2.47. The third-order valence-electron chi connectivity index (χ3n) is 5.78. The standard InChI is InChI=1S/C22H25FN2O6S/c1-25(2)21(27)11-15-10-18-17-9-14(5-8-19(17)31-22(18)20(12-26)30-15)24-32(28,29)16-6-3-13(23)4-7-16/h3-9,15,18,20,22,24,26H,10-12H2,1-2H3/t15-,18+,20+,22-/m1/s1. The maximum Gasteiger partial charge on any atom is 0.261 e. The number of benzene rings is 2. The van der Waals surface area contributed by atoms with Crippen LogP contribution in [0.15, 0.2) is 47.4 Å². The number of anilines is 1. The zero-order valence-corrected chi connectivity index (χ0v) is 18.5. The van der Waals surface area contributed by atoms with Crippen LogP contribution in [0.5, 0.6) is 5.75 Å². The topological polar surface area (TPSA) is 105 Å². The number of hydrogen-bond acceptors (Lipinski definition) is 6. The van der Waals surface area contributed by atoms with Gasteiger partial charge >= 0.3 is 0 Å². The van der Waals surface area contributed by atoms with E-state index in [9.17, 15) is 22.7 Å². The Morgan fingerprint density at radius 3 is 2.59 bits per heavy atom. The molecule has 0 unspecified atom stereocenters. The molecule has 172 valence electrons. The predicted octanol–water partition coefficient (Wildman–Crippen LogP) is 2.10. The molecule has 0 bridgehead atoms. The van der Waals surface area contributed by atoms with Gasteiger partial charge in [-0.3, -0.25) is 9.52 Å². The van der Waals surface area contributed by atoms with Gasteiger partial charge in [0.25, 0.3) is 10.0 Å². The van der Waals surface area contributed by atoms with Gasteiger partial charge in [0.2, 0.25) is 5.91 Å². The Hall–Kier alpha value is -2.69. The summed E-state index contributed by atoms with van der Waals surface area (Å²) in [6.07, 6.45) is -0.733. The van der Waals surface area contributed by atoms with E-state index in [-0.39, 0.29) is 29.7 Å². The molecule has 32 heavy (non-hydrogen) atoms. The summed E-state index contributed by atoms with van der Waals surface area (Å²) < 4.78 is 52.9. The summed E-state index contributed by atoms with van der Waals surface area (Å²) in [5, 5.41) is 9.81. The number of sulfonamides is 1. The van der Waals surface area contributed by atoms with Crippen LogP contribution in [0.3, 0.4) is 0 Å². The van der Waals surface area contributed by atoms with Crippen molar-refractivity contribution in [2.24, 2.45) is 0 Å². The summed E-state index contributed by atoms with van der Waals surface area (Å²) >= 11 is 0. The summed E-state index contributed by atoms with van der Waals surface area (Å²) in [5.74, 6) is -0.174. The van der Waals surface area contributed by atoms with E-state index in [0.717, 1.165) is 17.7 Å². The number of carbonyl (C=O) groups excluding carboxylic acids is 1. The highest BCUT2D eigenvalue weighted by Gasteiger charge is 2.46. The van der Waals surface area contributed by atoms with Gasteiger partial charge in [-0.05, 0) is 48.9 Å². The summed E-state index contributed by atoms with van der Waals surface area (Å²) in [4.78, 5) is 13.6. The third kappa shape index (κ3) is 4.43. The molecule has 1 saturated heterocycles. The normalized spacial score (nSPS) is 24.2. The highest BCUT2D eigenvalue weighted by Crippen LogP contribution is 2.47. The molecule has 0 aromatic heterocycles. The Kier molecular flexibility index (Phi) is 6.11. The predicted molar refractivity (Wildman–Crippen MR) is 114 cm³/mol. The fourth-order valence-corrected chi connectivity index (χ4v) is 5.21. The number of hydrogen-bond donors (Lipinski definition) is 2. The molecule has 0 spiro atoms. The largest absolute Gasteiger partial charge is 0.487 e. The summed E-state index contributed by atoms with van der Waals surface area (Å²) in [5.41, 5.74) is 1.13. The van der Waals surface area contributed by atoms with Gasteiger partial charge < -0.3 is 19.5 Å². The first-order chi connectivity index (χ1) is 15.2. The van der Waals surface area contributed by atoms with Crippen LogP contribution < -0.4 is 9.46 Å².